The molecule has 0 fully saturated rings. The van der Waals surface area contributed by atoms with Crippen LogP contribution in [0.15, 0.2) is 18.3 Å². The summed E-state index contributed by atoms with van der Waals surface area (Å²) in [7, 11) is 1.67. The normalized spacial score (nSPS) is 10.1. The van der Waals surface area contributed by atoms with Gasteiger partial charge in [0.25, 0.3) is 0 Å². The minimum atomic E-state index is 0.185. The Morgan fingerprint density at radius 2 is 1.95 bits per heavy atom. The van der Waals surface area contributed by atoms with E-state index in [9.17, 15) is 0 Å². The van der Waals surface area contributed by atoms with E-state index in [1.54, 1.807) is 13.3 Å². The van der Waals surface area contributed by atoms with Crippen molar-refractivity contribution >= 4 is 0 Å². The Kier molecular flexibility index (Phi) is 3.48. The molecule has 4 nitrogen and oxygen atoms in total. The van der Waals surface area contributed by atoms with Crippen molar-refractivity contribution in [3.05, 3.63) is 40.8 Å². The van der Waals surface area contributed by atoms with Gasteiger partial charge in [0.05, 0.1) is 12.8 Å². The number of benzene rings is 1. The third-order valence-electron chi connectivity index (χ3n) is 3.28. The molecule has 1 aromatic heterocycles. The fraction of sp³-hybridized carbons (Fsp3) is 0.267. The molecule has 0 aliphatic carbocycles. The summed E-state index contributed by atoms with van der Waals surface area (Å²) in [5.41, 5.74) is 5.08. The zero-order valence-corrected chi connectivity index (χ0v) is 11.5. The highest BCUT2D eigenvalue weighted by Crippen LogP contribution is 2.33. The van der Waals surface area contributed by atoms with E-state index in [2.05, 4.69) is 9.97 Å². The van der Waals surface area contributed by atoms with E-state index in [1.807, 2.05) is 39.0 Å². The van der Waals surface area contributed by atoms with Gasteiger partial charge in [-0.25, -0.2) is 9.97 Å². The number of ether oxygens (including phenoxy) is 1. The lowest BCUT2D eigenvalue weighted by Crippen LogP contribution is -1.99. The van der Waals surface area contributed by atoms with Crippen LogP contribution in [-0.2, 0) is 0 Å². The average Bonchev–Trinajstić information content (AvgIpc) is 2.43. The van der Waals surface area contributed by atoms with Crippen LogP contribution >= 0.6 is 0 Å². The van der Waals surface area contributed by atoms with Gasteiger partial charge < -0.3 is 4.74 Å². The van der Waals surface area contributed by atoms with Gasteiger partial charge in [-0.2, -0.15) is 5.26 Å². The van der Waals surface area contributed by atoms with Gasteiger partial charge in [-0.05, 0) is 49.6 Å². The van der Waals surface area contributed by atoms with E-state index in [0.29, 0.717) is 0 Å². The molecular weight excluding hydrogens is 238 g/mol. The molecule has 2 aromatic rings. The Bertz CT molecular complexity index is 672. The molecule has 96 valence electrons. The lowest BCUT2D eigenvalue weighted by molar-refractivity contribution is 0.411. The number of nitrogens with zero attached hydrogens (tertiary/aromatic N) is 3. The molecule has 0 atom stereocenters. The molecule has 0 bridgehead atoms. The molecule has 19 heavy (non-hydrogen) atoms. The summed E-state index contributed by atoms with van der Waals surface area (Å²) >= 11 is 0. The van der Waals surface area contributed by atoms with E-state index in [0.717, 1.165) is 33.7 Å². The molecule has 0 amide bonds. The zero-order chi connectivity index (χ0) is 14.0. The molecule has 0 N–H and O–H groups in total. The smallest absolute Gasteiger partial charge is 0.232 e. The molecule has 0 saturated heterocycles. The van der Waals surface area contributed by atoms with Crippen LogP contribution in [0.2, 0.25) is 0 Å². The SMILES string of the molecule is COc1cc(C)c(-c2ccnc(C#N)n2)c(C)c1C. The maximum absolute atomic E-state index is 8.89. The maximum atomic E-state index is 8.89. The second-order valence-electron chi connectivity index (χ2n) is 4.40. The lowest BCUT2D eigenvalue weighted by Gasteiger charge is -2.15. The molecule has 0 saturated carbocycles. The Morgan fingerprint density at radius 3 is 2.58 bits per heavy atom. The predicted molar refractivity (Wildman–Crippen MR) is 72.9 cm³/mol. The first kappa shape index (κ1) is 13.0. The van der Waals surface area contributed by atoms with Crippen molar-refractivity contribution in [2.24, 2.45) is 0 Å². The molecule has 1 heterocycles. The number of nitriles is 1. The number of hydrogen-bond donors (Lipinski definition) is 0. The summed E-state index contributed by atoms with van der Waals surface area (Å²) in [6, 6.07) is 5.78. The second kappa shape index (κ2) is 5.07. The zero-order valence-electron chi connectivity index (χ0n) is 11.5. The van der Waals surface area contributed by atoms with E-state index >= 15 is 0 Å². The summed E-state index contributed by atoms with van der Waals surface area (Å²) in [6.45, 7) is 6.07. The van der Waals surface area contributed by atoms with E-state index in [4.69, 9.17) is 10.00 Å². The van der Waals surface area contributed by atoms with Crippen LogP contribution in [-0.4, -0.2) is 17.1 Å². The van der Waals surface area contributed by atoms with E-state index < -0.39 is 0 Å². The summed E-state index contributed by atoms with van der Waals surface area (Å²) in [4.78, 5) is 8.17. The van der Waals surface area contributed by atoms with Crippen LogP contribution in [0.1, 0.15) is 22.5 Å². The van der Waals surface area contributed by atoms with Crippen molar-refractivity contribution < 1.29 is 4.74 Å². The van der Waals surface area contributed by atoms with Crippen molar-refractivity contribution in [2.75, 3.05) is 7.11 Å². The average molecular weight is 253 g/mol. The number of methoxy groups -OCH3 is 1. The van der Waals surface area contributed by atoms with Crippen molar-refractivity contribution in [3.63, 3.8) is 0 Å². The largest absolute Gasteiger partial charge is 0.496 e. The summed E-state index contributed by atoms with van der Waals surface area (Å²) in [6.07, 6.45) is 1.61. The highest BCUT2D eigenvalue weighted by atomic mass is 16.5. The van der Waals surface area contributed by atoms with Crippen LogP contribution in [0, 0.1) is 32.1 Å². The first-order chi connectivity index (χ1) is 9.08. The molecule has 0 spiro atoms. The monoisotopic (exact) mass is 253 g/mol. The van der Waals surface area contributed by atoms with Gasteiger partial charge in [0, 0.05) is 11.8 Å². The maximum Gasteiger partial charge on any atom is 0.232 e. The highest BCUT2D eigenvalue weighted by molar-refractivity contribution is 5.71. The van der Waals surface area contributed by atoms with Gasteiger partial charge in [0.2, 0.25) is 5.82 Å². The van der Waals surface area contributed by atoms with Gasteiger partial charge in [-0.3, -0.25) is 0 Å². The first-order valence-electron chi connectivity index (χ1n) is 5.96. The van der Waals surface area contributed by atoms with Crippen molar-refractivity contribution in [1.29, 1.82) is 5.26 Å². The van der Waals surface area contributed by atoms with E-state index in [-0.39, 0.29) is 5.82 Å². The lowest BCUT2D eigenvalue weighted by atomic mass is 9.95. The van der Waals surface area contributed by atoms with Crippen molar-refractivity contribution in [1.82, 2.24) is 9.97 Å². The number of rotatable bonds is 2. The number of hydrogen-bond acceptors (Lipinski definition) is 4. The Morgan fingerprint density at radius 1 is 1.21 bits per heavy atom. The second-order valence-corrected chi connectivity index (χ2v) is 4.40. The van der Waals surface area contributed by atoms with Gasteiger partial charge in [-0.15, -0.1) is 0 Å². The van der Waals surface area contributed by atoms with E-state index in [1.165, 1.54) is 0 Å². The minimum Gasteiger partial charge on any atom is -0.496 e. The summed E-state index contributed by atoms with van der Waals surface area (Å²) < 4.78 is 5.36. The highest BCUT2D eigenvalue weighted by Gasteiger charge is 2.13. The van der Waals surface area contributed by atoms with Gasteiger partial charge in [-0.1, -0.05) is 0 Å². The fourth-order valence-electron chi connectivity index (χ4n) is 2.20. The van der Waals surface area contributed by atoms with Gasteiger partial charge in [0.15, 0.2) is 0 Å². The Labute approximate surface area is 112 Å². The topological polar surface area (TPSA) is 58.8 Å². The quantitative estimate of drug-likeness (QED) is 0.825. The minimum absolute atomic E-state index is 0.185. The first-order valence-corrected chi connectivity index (χ1v) is 5.96. The van der Waals surface area contributed by atoms with Crippen LogP contribution < -0.4 is 4.74 Å². The van der Waals surface area contributed by atoms with Crippen molar-refractivity contribution in [2.45, 2.75) is 20.8 Å². The fourth-order valence-corrected chi connectivity index (χ4v) is 2.20. The van der Waals surface area contributed by atoms with Gasteiger partial charge in [0.1, 0.15) is 11.8 Å². The molecular formula is C15H15N3O. The summed E-state index contributed by atoms with van der Waals surface area (Å²) in [5.74, 6) is 1.05. The third-order valence-corrected chi connectivity index (χ3v) is 3.28. The van der Waals surface area contributed by atoms with Crippen LogP contribution in [0.3, 0.4) is 0 Å². The molecule has 1 aromatic carbocycles. The molecule has 0 aliphatic rings. The summed E-state index contributed by atoms with van der Waals surface area (Å²) in [5, 5.41) is 8.89. The van der Waals surface area contributed by atoms with Crippen molar-refractivity contribution in [3.8, 4) is 23.1 Å². The molecule has 0 radical (unpaired) electrons. The number of aromatic nitrogens is 2. The van der Waals surface area contributed by atoms with Crippen LogP contribution in [0.4, 0.5) is 0 Å². The molecule has 4 heteroatoms. The predicted octanol–water partition coefficient (Wildman–Crippen LogP) is 2.95. The third kappa shape index (κ3) is 2.27. The molecule has 2 rings (SSSR count). The van der Waals surface area contributed by atoms with Crippen LogP contribution in [0.25, 0.3) is 11.3 Å². The molecule has 0 unspecified atom stereocenters. The van der Waals surface area contributed by atoms with Crippen LogP contribution in [0.5, 0.6) is 5.75 Å². The molecule has 0 aliphatic heterocycles. The Balaban J connectivity index is 2.69. The Hall–Kier alpha value is -2.41. The van der Waals surface area contributed by atoms with Gasteiger partial charge >= 0.3 is 0 Å². The standard InChI is InChI=1S/C15H15N3O/c1-9-7-13(19-4)10(2)11(3)15(9)12-5-6-17-14(8-16)18-12/h5-7H,1-4H3. The number of aryl methyl sites for hydroxylation is 1.